The lowest BCUT2D eigenvalue weighted by molar-refractivity contribution is 0.102. The number of carbonyl (C=O) groups excluding carboxylic acids is 1. The standard InChI is InChI=1S/C18H22N4O/c1-21(2)15-6-4-14(5-7-15)20-18(23)17-11-19-10-13-12-22(3)9-8-16(13)17/h4-7,10-11H,8-9,12H2,1-3H3,(H,20,23). The van der Waals surface area contributed by atoms with Gasteiger partial charge in [0.25, 0.3) is 5.91 Å². The lowest BCUT2D eigenvalue weighted by Crippen LogP contribution is -2.29. The molecule has 0 unspecified atom stereocenters. The zero-order valence-corrected chi connectivity index (χ0v) is 13.8. The summed E-state index contributed by atoms with van der Waals surface area (Å²) >= 11 is 0. The van der Waals surface area contributed by atoms with E-state index in [-0.39, 0.29) is 5.91 Å². The highest BCUT2D eigenvalue weighted by Crippen LogP contribution is 2.22. The van der Waals surface area contributed by atoms with Crippen LogP contribution in [-0.4, -0.2) is 43.5 Å². The molecule has 120 valence electrons. The van der Waals surface area contributed by atoms with Crippen molar-refractivity contribution in [2.24, 2.45) is 0 Å². The number of nitrogens with one attached hydrogen (secondary N) is 1. The second-order valence-corrected chi connectivity index (χ2v) is 6.21. The number of hydrogen-bond donors (Lipinski definition) is 1. The first kappa shape index (κ1) is 15.5. The second-order valence-electron chi connectivity index (χ2n) is 6.21. The van der Waals surface area contributed by atoms with Gasteiger partial charge in [-0.3, -0.25) is 9.78 Å². The molecular weight excluding hydrogens is 288 g/mol. The topological polar surface area (TPSA) is 48.5 Å². The molecule has 0 bridgehead atoms. The summed E-state index contributed by atoms with van der Waals surface area (Å²) in [6.07, 6.45) is 4.43. The number of fused-ring (bicyclic) bond motifs is 1. The lowest BCUT2D eigenvalue weighted by Gasteiger charge is -2.26. The summed E-state index contributed by atoms with van der Waals surface area (Å²) in [7, 11) is 6.07. The van der Waals surface area contributed by atoms with E-state index >= 15 is 0 Å². The fraction of sp³-hybridized carbons (Fsp3) is 0.333. The third-order valence-electron chi connectivity index (χ3n) is 4.22. The number of hydrogen-bond acceptors (Lipinski definition) is 4. The first-order valence-corrected chi connectivity index (χ1v) is 7.77. The van der Waals surface area contributed by atoms with Crippen LogP contribution in [0.3, 0.4) is 0 Å². The SMILES string of the molecule is CN1CCc2c(cncc2C(=O)Nc2ccc(N(C)C)cc2)C1. The minimum Gasteiger partial charge on any atom is -0.378 e. The van der Waals surface area contributed by atoms with E-state index < -0.39 is 0 Å². The molecule has 23 heavy (non-hydrogen) atoms. The van der Waals surface area contributed by atoms with Crippen LogP contribution in [0.15, 0.2) is 36.7 Å². The molecule has 1 aliphatic heterocycles. The molecule has 0 radical (unpaired) electrons. The number of likely N-dealkylation sites (N-methyl/N-ethyl adjacent to an activating group) is 1. The number of pyridine rings is 1. The Bertz CT molecular complexity index is 709. The molecule has 5 nitrogen and oxygen atoms in total. The monoisotopic (exact) mass is 310 g/mol. The zero-order chi connectivity index (χ0) is 16.4. The molecule has 1 aliphatic rings. The maximum Gasteiger partial charge on any atom is 0.257 e. The molecule has 3 rings (SSSR count). The number of rotatable bonds is 3. The van der Waals surface area contributed by atoms with Crippen LogP contribution >= 0.6 is 0 Å². The van der Waals surface area contributed by atoms with Gasteiger partial charge in [-0.2, -0.15) is 0 Å². The summed E-state index contributed by atoms with van der Waals surface area (Å²) in [5, 5.41) is 2.97. The zero-order valence-electron chi connectivity index (χ0n) is 13.8. The van der Waals surface area contributed by atoms with Gasteiger partial charge < -0.3 is 15.1 Å². The van der Waals surface area contributed by atoms with Crippen molar-refractivity contribution in [3.05, 3.63) is 53.3 Å². The fourth-order valence-corrected chi connectivity index (χ4v) is 2.87. The Morgan fingerprint density at radius 2 is 1.96 bits per heavy atom. The molecule has 5 heteroatoms. The molecule has 1 aromatic carbocycles. The van der Waals surface area contributed by atoms with E-state index in [1.54, 1.807) is 6.20 Å². The number of benzene rings is 1. The molecule has 0 fully saturated rings. The van der Waals surface area contributed by atoms with Crippen LogP contribution < -0.4 is 10.2 Å². The highest BCUT2D eigenvalue weighted by molar-refractivity contribution is 6.05. The van der Waals surface area contributed by atoms with Crippen molar-refractivity contribution >= 4 is 17.3 Å². The molecule has 0 saturated carbocycles. The molecule has 1 N–H and O–H groups in total. The first-order chi connectivity index (χ1) is 11.0. The van der Waals surface area contributed by atoms with E-state index in [1.165, 1.54) is 0 Å². The van der Waals surface area contributed by atoms with E-state index in [1.807, 2.05) is 49.5 Å². The molecule has 0 saturated heterocycles. The summed E-state index contributed by atoms with van der Waals surface area (Å²) < 4.78 is 0. The highest BCUT2D eigenvalue weighted by Gasteiger charge is 2.20. The molecule has 1 aromatic heterocycles. The lowest BCUT2D eigenvalue weighted by atomic mass is 9.97. The first-order valence-electron chi connectivity index (χ1n) is 7.77. The Morgan fingerprint density at radius 3 is 2.65 bits per heavy atom. The molecule has 0 atom stereocenters. The Kier molecular flexibility index (Phi) is 4.30. The third-order valence-corrected chi connectivity index (χ3v) is 4.22. The largest absolute Gasteiger partial charge is 0.378 e. The van der Waals surface area contributed by atoms with Crippen molar-refractivity contribution < 1.29 is 4.79 Å². The normalized spacial score (nSPS) is 14.2. The maximum atomic E-state index is 12.6. The van der Waals surface area contributed by atoms with Gasteiger partial charge in [-0.1, -0.05) is 0 Å². The third kappa shape index (κ3) is 3.35. The molecule has 2 aromatic rings. The van der Waals surface area contributed by atoms with E-state index in [9.17, 15) is 4.79 Å². The van der Waals surface area contributed by atoms with Crippen LogP contribution in [0, 0.1) is 0 Å². The van der Waals surface area contributed by atoms with Crippen molar-refractivity contribution in [1.29, 1.82) is 0 Å². The Balaban J connectivity index is 1.80. The molecule has 2 heterocycles. The van der Waals surface area contributed by atoms with Gasteiger partial charge in [-0.15, -0.1) is 0 Å². The van der Waals surface area contributed by atoms with Crippen LogP contribution in [0.2, 0.25) is 0 Å². The fourth-order valence-electron chi connectivity index (χ4n) is 2.87. The summed E-state index contributed by atoms with van der Waals surface area (Å²) in [6, 6.07) is 7.82. The molecule has 0 aliphatic carbocycles. The number of anilines is 2. The van der Waals surface area contributed by atoms with Crippen LogP contribution in [0.5, 0.6) is 0 Å². The van der Waals surface area contributed by atoms with Gasteiger partial charge >= 0.3 is 0 Å². The maximum absolute atomic E-state index is 12.6. The van der Waals surface area contributed by atoms with E-state index in [4.69, 9.17) is 0 Å². The van der Waals surface area contributed by atoms with Gasteiger partial charge in [0.2, 0.25) is 0 Å². The van der Waals surface area contributed by atoms with Gasteiger partial charge in [-0.25, -0.2) is 0 Å². The van der Waals surface area contributed by atoms with E-state index in [2.05, 4.69) is 22.2 Å². The van der Waals surface area contributed by atoms with Gasteiger partial charge in [0.05, 0.1) is 5.56 Å². The van der Waals surface area contributed by atoms with Crippen molar-refractivity contribution in [2.75, 3.05) is 37.9 Å². The number of amides is 1. The van der Waals surface area contributed by atoms with Crippen molar-refractivity contribution in [3.63, 3.8) is 0 Å². The predicted molar refractivity (Wildman–Crippen MR) is 93.0 cm³/mol. The average Bonchev–Trinajstić information content (AvgIpc) is 2.54. The summed E-state index contributed by atoms with van der Waals surface area (Å²) in [5.41, 5.74) is 4.86. The quantitative estimate of drug-likeness (QED) is 0.945. The Morgan fingerprint density at radius 1 is 1.22 bits per heavy atom. The van der Waals surface area contributed by atoms with Crippen LogP contribution in [-0.2, 0) is 13.0 Å². The van der Waals surface area contributed by atoms with Crippen molar-refractivity contribution in [2.45, 2.75) is 13.0 Å². The second kappa shape index (κ2) is 6.38. The number of carbonyl (C=O) groups is 1. The molecule has 1 amide bonds. The number of aromatic nitrogens is 1. The average molecular weight is 310 g/mol. The van der Waals surface area contributed by atoms with Crippen molar-refractivity contribution in [3.8, 4) is 0 Å². The van der Waals surface area contributed by atoms with Crippen molar-refractivity contribution in [1.82, 2.24) is 9.88 Å². The van der Waals surface area contributed by atoms with E-state index in [0.717, 1.165) is 42.0 Å². The smallest absolute Gasteiger partial charge is 0.257 e. The summed E-state index contributed by atoms with van der Waals surface area (Å²) in [5.74, 6) is -0.0866. The predicted octanol–water partition coefficient (Wildman–Crippen LogP) is 2.39. The van der Waals surface area contributed by atoms with Crippen LogP contribution in [0.25, 0.3) is 0 Å². The summed E-state index contributed by atoms with van der Waals surface area (Å²) in [6.45, 7) is 1.82. The highest BCUT2D eigenvalue weighted by atomic mass is 16.1. The Hall–Kier alpha value is -2.40. The van der Waals surface area contributed by atoms with Crippen LogP contribution in [0.4, 0.5) is 11.4 Å². The van der Waals surface area contributed by atoms with Crippen LogP contribution in [0.1, 0.15) is 21.5 Å². The van der Waals surface area contributed by atoms with E-state index in [0.29, 0.717) is 5.56 Å². The van der Waals surface area contributed by atoms with Gasteiger partial charge in [0, 0.05) is 51.0 Å². The molecule has 0 spiro atoms. The van der Waals surface area contributed by atoms with Gasteiger partial charge in [0.1, 0.15) is 0 Å². The Labute approximate surface area is 136 Å². The summed E-state index contributed by atoms with van der Waals surface area (Å²) in [4.78, 5) is 21.1. The number of nitrogens with zero attached hydrogens (tertiary/aromatic N) is 3. The van der Waals surface area contributed by atoms with Gasteiger partial charge in [-0.05, 0) is 48.9 Å². The van der Waals surface area contributed by atoms with Gasteiger partial charge in [0.15, 0.2) is 0 Å². The minimum atomic E-state index is -0.0866. The molecular formula is C18H22N4O. The minimum absolute atomic E-state index is 0.0866.